The van der Waals surface area contributed by atoms with E-state index in [1.165, 1.54) is 5.56 Å². The van der Waals surface area contributed by atoms with Crippen molar-refractivity contribution in [1.29, 1.82) is 0 Å². The Bertz CT molecular complexity index is 1170. The standard InChI is InChI=1S/C27H36N4O3S/c1-3-29-13-15-30(16-14-29)19-21-7-9-24(10-8-21)28-35(33,34)25-11-12-26-23(18-25)17-20(2)31(26)27(32)22-5-4-6-22/h7-12,18,20,22,28H,3-6,13-17,19H2,1-2H3/t20-/m0/s1. The number of amides is 1. The molecule has 1 amide bonds. The maximum Gasteiger partial charge on any atom is 0.261 e. The molecular formula is C27H36N4O3S. The first-order chi connectivity index (χ1) is 16.8. The molecule has 2 aliphatic heterocycles. The van der Waals surface area contributed by atoms with Crippen LogP contribution in [0.15, 0.2) is 47.4 Å². The van der Waals surface area contributed by atoms with Crippen molar-refractivity contribution in [3.8, 4) is 0 Å². The van der Waals surface area contributed by atoms with Gasteiger partial charge >= 0.3 is 0 Å². The number of carbonyl (C=O) groups excluding carboxylic acids is 1. The van der Waals surface area contributed by atoms with E-state index < -0.39 is 10.0 Å². The largest absolute Gasteiger partial charge is 0.309 e. The van der Waals surface area contributed by atoms with Crippen LogP contribution in [0.25, 0.3) is 0 Å². The fourth-order valence-electron chi connectivity index (χ4n) is 5.38. The lowest BCUT2D eigenvalue weighted by Crippen LogP contribution is -2.45. The Morgan fingerprint density at radius 2 is 1.69 bits per heavy atom. The summed E-state index contributed by atoms with van der Waals surface area (Å²) in [5.41, 5.74) is 3.52. The molecule has 1 N–H and O–H groups in total. The van der Waals surface area contributed by atoms with E-state index in [1.54, 1.807) is 18.2 Å². The molecule has 2 aromatic carbocycles. The van der Waals surface area contributed by atoms with Gasteiger partial charge in [0.15, 0.2) is 0 Å². The number of benzene rings is 2. The molecule has 188 valence electrons. The van der Waals surface area contributed by atoms with Gasteiger partial charge in [0, 0.05) is 56.1 Å². The van der Waals surface area contributed by atoms with Gasteiger partial charge in [0.2, 0.25) is 5.91 Å². The molecule has 1 saturated carbocycles. The van der Waals surface area contributed by atoms with E-state index in [-0.39, 0.29) is 22.8 Å². The summed E-state index contributed by atoms with van der Waals surface area (Å²) < 4.78 is 29.0. The van der Waals surface area contributed by atoms with Crippen LogP contribution in [0.4, 0.5) is 11.4 Å². The van der Waals surface area contributed by atoms with Crippen LogP contribution in [-0.4, -0.2) is 62.9 Å². The maximum atomic E-state index is 13.1. The van der Waals surface area contributed by atoms with Crippen LogP contribution in [0, 0.1) is 5.92 Å². The summed E-state index contributed by atoms with van der Waals surface area (Å²) in [6.07, 6.45) is 3.72. The lowest BCUT2D eigenvalue weighted by atomic mass is 9.84. The van der Waals surface area contributed by atoms with Crippen LogP contribution in [0.1, 0.15) is 44.2 Å². The van der Waals surface area contributed by atoms with Crippen LogP contribution in [0.2, 0.25) is 0 Å². The van der Waals surface area contributed by atoms with E-state index in [0.717, 1.165) is 69.8 Å². The second-order valence-corrected chi connectivity index (χ2v) is 11.9. The number of nitrogens with one attached hydrogen (secondary N) is 1. The van der Waals surface area contributed by atoms with Crippen molar-refractivity contribution in [3.63, 3.8) is 0 Å². The third-order valence-electron chi connectivity index (χ3n) is 7.79. The van der Waals surface area contributed by atoms with Gasteiger partial charge in [0.1, 0.15) is 0 Å². The van der Waals surface area contributed by atoms with Gasteiger partial charge in [-0.15, -0.1) is 0 Å². The van der Waals surface area contributed by atoms with Gasteiger partial charge in [0.05, 0.1) is 4.90 Å². The molecule has 0 bridgehead atoms. The molecule has 0 radical (unpaired) electrons. The molecule has 2 fully saturated rings. The molecule has 3 aliphatic rings. The lowest BCUT2D eigenvalue weighted by molar-refractivity contribution is -0.125. The smallest absolute Gasteiger partial charge is 0.261 e. The van der Waals surface area contributed by atoms with E-state index >= 15 is 0 Å². The molecule has 7 nitrogen and oxygen atoms in total. The minimum absolute atomic E-state index is 0.0570. The molecule has 35 heavy (non-hydrogen) atoms. The predicted molar refractivity (Wildman–Crippen MR) is 139 cm³/mol. The summed E-state index contributed by atoms with van der Waals surface area (Å²) in [5, 5.41) is 0. The molecule has 1 aliphatic carbocycles. The molecule has 1 saturated heterocycles. The highest BCUT2D eigenvalue weighted by Gasteiger charge is 2.37. The summed E-state index contributed by atoms with van der Waals surface area (Å²) in [5.74, 6) is 0.306. The van der Waals surface area contributed by atoms with Gasteiger partial charge in [-0.05, 0) is 74.2 Å². The zero-order valence-electron chi connectivity index (χ0n) is 20.7. The van der Waals surface area contributed by atoms with Gasteiger partial charge in [0.25, 0.3) is 10.0 Å². The minimum atomic E-state index is -3.72. The SMILES string of the molecule is CCN1CCN(Cc2ccc(NS(=O)(=O)c3ccc4c(c3)C[C@H](C)N4C(=O)C3CCC3)cc2)CC1. The number of hydrogen-bond acceptors (Lipinski definition) is 5. The Morgan fingerprint density at radius 1 is 1.00 bits per heavy atom. The molecule has 2 aromatic rings. The highest BCUT2D eigenvalue weighted by molar-refractivity contribution is 7.92. The highest BCUT2D eigenvalue weighted by atomic mass is 32.2. The molecule has 1 atom stereocenters. The zero-order valence-corrected chi connectivity index (χ0v) is 21.6. The van der Waals surface area contributed by atoms with Crippen LogP contribution < -0.4 is 9.62 Å². The molecular weight excluding hydrogens is 460 g/mol. The van der Waals surface area contributed by atoms with Crippen molar-refractivity contribution in [2.24, 2.45) is 5.92 Å². The van der Waals surface area contributed by atoms with Gasteiger partial charge in [-0.1, -0.05) is 25.5 Å². The summed E-state index contributed by atoms with van der Waals surface area (Å²) in [7, 11) is -3.72. The average molecular weight is 497 g/mol. The number of nitrogens with zero attached hydrogens (tertiary/aromatic N) is 3. The Kier molecular flexibility index (Phi) is 6.88. The van der Waals surface area contributed by atoms with Gasteiger partial charge in [-0.2, -0.15) is 0 Å². The van der Waals surface area contributed by atoms with E-state index in [9.17, 15) is 13.2 Å². The highest BCUT2D eigenvalue weighted by Crippen LogP contribution is 2.38. The lowest BCUT2D eigenvalue weighted by Gasteiger charge is -2.34. The maximum absolute atomic E-state index is 13.1. The quantitative estimate of drug-likeness (QED) is 0.633. The predicted octanol–water partition coefficient (Wildman–Crippen LogP) is 3.70. The summed E-state index contributed by atoms with van der Waals surface area (Å²) >= 11 is 0. The van der Waals surface area contributed by atoms with Crippen molar-refractivity contribution in [3.05, 3.63) is 53.6 Å². The Hall–Kier alpha value is -2.42. The number of sulfonamides is 1. The van der Waals surface area contributed by atoms with E-state index in [2.05, 4.69) is 21.4 Å². The van der Waals surface area contributed by atoms with Crippen molar-refractivity contribution in [2.75, 3.05) is 42.3 Å². The van der Waals surface area contributed by atoms with Crippen molar-refractivity contribution in [2.45, 2.75) is 57.0 Å². The van der Waals surface area contributed by atoms with Gasteiger partial charge in [-0.3, -0.25) is 14.4 Å². The Balaban J connectivity index is 1.24. The fourth-order valence-corrected chi connectivity index (χ4v) is 6.49. The van der Waals surface area contributed by atoms with Crippen molar-refractivity contribution in [1.82, 2.24) is 9.80 Å². The summed E-state index contributed by atoms with van der Waals surface area (Å²) in [4.78, 5) is 19.9. The summed E-state index contributed by atoms with van der Waals surface area (Å²) in [6.45, 7) is 10.5. The Morgan fingerprint density at radius 3 is 2.31 bits per heavy atom. The van der Waals surface area contributed by atoms with Crippen LogP contribution in [0.3, 0.4) is 0 Å². The van der Waals surface area contributed by atoms with E-state index in [1.807, 2.05) is 36.1 Å². The number of anilines is 2. The van der Waals surface area contributed by atoms with Gasteiger partial charge < -0.3 is 9.80 Å². The molecule has 0 aromatic heterocycles. The monoisotopic (exact) mass is 496 g/mol. The second-order valence-electron chi connectivity index (χ2n) is 10.2. The first kappa shape index (κ1) is 24.3. The number of piperazine rings is 1. The van der Waals surface area contributed by atoms with E-state index in [4.69, 9.17) is 0 Å². The molecule has 8 heteroatoms. The van der Waals surface area contributed by atoms with Crippen LogP contribution in [-0.2, 0) is 27.8 Å². The minimum Gasteiger partial charge on any atom is -0.309 e. The van der Waals surface area contributed by atoms with Crippen LogP contribution >= 0.6 is 0 Å². The zero-order chi connectivity index (χ0) is 24.6. The number of rotatable bonds is 7. The number of carbonyl (C=O) groups is 1. The van der Waals surface area contributed by atoms with Gasteiger partial charge in [-0.25, -0.2) is 8.42 Å². The van der Waals surface area contributed by atoms with E-state index in [0.29, 0.717) is 12.1 Å². The third kappa shape index (κ3) is 5.10. The topological polar surface area (TPSA) is 73.0 Å². The first-order valence-corrected chi connectivity index (χ1v) is 14.3. The number of hydrogen-bond donors (Lipinski definition) is 1. The fraction of sp³-hybridized carbons (Fsp3) is 0.519. The normalized spacial score (nSPS) is 21.5. The number of fused-ring (bicyclic) bond motifs is 1. The second kappa shape index (κ2) is 9.91. The first-order valence-electron chi connectivity index (χ1n) is 12.9. The molecule has 0 spiro atoms. The summed E-state index contributed by atoms with van der Waals surface area (Å²) in [6, 6.07) is 12.9. The third-order valence-corrected chi connectivity index (χ3v) is 9.17. The van der Waals surface area contributed by atoms with Crippen LogP contribution in [0.5, 0.6) is 0 Å². The molecule has 5 rings (SSSR count). The molecule has 0 unspecified atom stereocenters. The Labute approximate surface area is 209 Å². The average Bonchev–Trinajstić information content (AvgIpc) is 3.14. The number of likely N-dealkylation sites (N-methyl/N-ethyl adjacent to an activating group) is 1. The molecule has 2 heterocycles. The van der Waals surface area contributed by atoms with Crippen molar-refractivity contribution < 1.29 is 13.2 Å². The van der Waals surface area contributed by atoms with Crippen molar-refractivity contribution >= 4 is 27.3 Å².